The molecule has 0 aromatic carbocycles. The van der Waals surface area contributed by atoms with Crippen molar-refractivity contribution in [3.05, 3.63) is 6.33 Å². The number of halogens is 2. The molecule has 1 N–H and O–H groups in total. The van der Waals surface area contributed by atoms with Gasteiger partial charge < -0.3 is 0 Å². The van der Waals surface area contributed by atoms with Gasteiger partial charge in [0.15, 0.2) is 4.33 Å². The van der Waals surface area contributed by atoms with Gasteiger partial charge in [0.25, 0.3) is 5.91 Å². The highest BCUT2D eigenvalue weighted by Gasteiger charge is 2.28. The Morgan fingerprint density at radius 3 is 2.69 bits per heavy atom. The van der Waals surface area contributed by atoms with Gasteiger partial charge in [0, 0.05) is 7.05 Å². The maximum absolute atomic E-state index is 11.2. The molecular formula is C6H8Cl2N4O. The number of aryl methyl sites for hydroxylation is 1. The second kappa shape index (κ2) is 3.51. The van der Waals surface area contributed by atoms with Crippen molar-refractivity contribution in [2.45, 2.75) is 11.3 Å². The normalized spacial score (nSPS) is 11.4. The number of nitrogens with one attached hydrogen (secondary N) is 1. The van der Waals surface area contributed by atoms with Crippen molar-refractivity contribution in [2.24, 2.45) is 7.05 Å². The van der Waals surface area contributed by atoms with Crippen LogP contribution in [0.1, 0.15) is 6.92 Å². The summed E-state index contributed by atoms with van der Waals surface area (Å²) in [6.45, 7) is 1.38. The number of rotatable bonds is 2. The monoisotopic (exact) mass is 222 g/mol. The molecule has 5 nitrogen and oxygen atoms in total. The van der Waals surface area contributed by atoms with Crippen molar-refractivity contribution < 1.29 is 4.79 Å². The van der Waals surface area contributed by atoms with Crippen LogP contribution in [-0.2, 0) is 11.8 Å². The Morgan fingerprint density at radius 2 is 2.31 bits per heavy atom. The van der Waals surface area contributed by atoms with E-state index >= 15 is 0 Å². The van der Waals surface area contributed by atoms with Crippen molar-refractivity contribution in [3.8, 4) is 0 Å². The molecule has 1 aromatic heterocycles. The number of nitrogens with zero attached hydrogens (tertiary/aromatic N) is 3. The second-order valence-corrected chi connectivity index (χ2v) is 4.26. The zero-order chi connectivity index (χ0) is 10.1. The Balaban J connectivity index is 2.71. The van der Waals surface area contributed by atoms with Crippen LogP contribution >= 0.6 is 23.2 Å². The third kappa shape index (κ3) is 2.57. The molecule has 7 heteroatoms. The SMILES string of the molecule is Cn1ncnc1NC(=O)C(C)(Cl)Cl. The minimum atomic E-state index is -1.47. The molecule has 0 unspecified atom stereocenters. The van der Waals surface area contributed by atoms with E-state index in [0.717, 1.165) is 0 Å². The number of anilines is 1. The molecule has 0 saturated carbocycles. The number of aromatic nitrogens is 3. The van der Waals surface area contributed by atoms with Crippen LogP contribution < -0.4 is 5.32 Å². The van der Waals surface area contributed by atoms with Crippen LogP contribution in [0.3, 0.4) is 0 Å². The minimum absolute atomic E-state index is 0.303. The maximum atomic E-state index is 11.2. The van der Waals surface area contributed by atoms with Gasteiger partial charge in [-0.25, -0.2) is 4.68 Å². The summed E-state index contributed by atoms with van der Waals surface area (Å²) in [5.74, 6) is -0.232. The van der Waals surface area contributed by atoms with Crippen molar-refractivity contribution in [1.82, 2.24) is 14.8 Å². The fraction of sp³-hybridized carbons (Fsp3) is 0.500. The Labute approximate surface area is 85.0 Å². The third-order valence-corrected chi connectivity index (χ3v) is 1.68. The molecule has 0 aliphatic carbocycles. The van der Waals surface area contributed by atoms with Crippen LogP contribution in [0.4, 0.5) is 5.95 Å². The number of alkyl halides is 2. The van der Waals surface area contributed by atoms with Gasteiger partial charge in [-0.3, -0.25) is 10.1 Å². The molecule has 13 heavy (non-hydrogen) atoms. The van der Waals surface area contributed by atoms with Crippen molar-refractivity contribution >= 4 is 35.1 Å². The van der Waals surface area contributed by atoms with Crippen LogP contribution in [0.2, 0.25) is 0 Å². The van der Waals surface area contributed by atoms with Crippen molar-refractivity contribution in [1.29, 1.82) is 0 Å². The lowest BCUT2D eigenvalue weighted by molar-refractivity contribution is -0.116. The number of carbonyl (C=O) groups is 1. The van der Waals surface area contributed by atoms with Crippen LogP contribution in [0.15, 0.2) is 6.33 Å². The first-order valence-electron chi connectivity index (χ1n) is 3.44. The molecule has 0 aliphatic heterocycles. The summed E-state index contributed by atoms with van der Waals surface area (Å²) in [5, 5.41) is 6.17. The summed E-state index contributed by atoms with van der Waals surface area (Å²) in [7, 11) is 1.64. The summed E-state index contributed by atoms with van der Waals surface area (Å²) in [6.07, 6.45) is 1.31. The Hall–Kier alpha value is -0.810. The molecular weight excluding hydrogens is 215 g/mol. The molecule has 0 fully saturated rings. The molecule has 0 saturated heterocycles. The second-order valence-electron chi connectivity index (χ2n) is 2.55. The van der Waals surface area contributed by atoms with Gasteiger partial charge in [-0.05, 0) is 6.92 Å². The zero-order valence-corrected chi connectivity index (χ0v) is 8.60. The topological polar surface area (TPSA) is 59.8 Å². The van der Waals surface area contributed by atoms with E-state index in [1.165, 1.54) is 17.9 Å². The smallest absolute Gasteiger partial charge is 0.262 e. The van der Waals surface area contributed by atoms with E-state index in [-0.39, 0.29) is 0 Å². The Bertz CT molecular complexity index is 317. The maximum Gasteiger partial charge on any atom is 0.262 e. The summed E-state index contributed by atoms with van der Waals surface area (Å²) < 4.78 is -0.0661. The van der Waals surface area contributed by atoms with Gasteiger partial charge >= 0.3 is 0 Å². The lowest BCUT2D eigenvalue weighted by Crippen LogP contribution is -2.30. The third-order valence-electron chi connectivity index (χ3n) is 1.34. The van der Waals surface area contributed by atoms with Crippen LogP contribution in [0, 0.1) is 0 Å². The Kier molecular flexibility index (Phi) is 2.77. The molecule has 1 amide bonds. The molecule has 0 aliphatic rings. The highest BCUT2D eigenvalue weighted by atomic mass is 35.5. The molecule has 1 aromatic rings. The average Bonchev–Trinajstić information content (AvgIpc) is 2.34. The fourth-order valence-corrected chi connectivity index (χ4v) is 0.715. The molecule has 1 rings (SSSR count). The molecule has 0 bridgehead atoms. The van der Waals surface area contributed by atoms with Gasteiger partial charge in [0.05, 0.1) is 0 Å². The summed E-state index contributed by atoms with van der Waals surface area (Å²) in [4.78, 5) is 15.0. The van der Waals surface area contributed by atoms with Crippen LogP contribution in [0.25, 0.3) is 0 Å². The van der Waals surface area contributed by atoms with E-state index in [1.54, 1.807) is 7.05 Å². The van der Waals surface area contributed by atoms with Gasteiger partial charge in [0.1, 0.15) is 6.33 Å². The van der Waals surface area contributed by atoms with Crippen LogP contribution in [0.5, 0.6) is 0 Å². The zero-order valence-electron chi connectivity index (χ0n) is 7.08. The van der Waals surface area contributed by atoms with E-state index in [4.69, 9.17) is 23.2 Å². The van der Waals surface area contributed by atoms with E-state index in [1.807, 2.05) is 0 Å². The average molecular weight is 223 g/mol. The van der Waals surface area contributed by atoms with E-state index in [0.29, 0.717) is 5.95 Å². The van der Waals surface area contributed by atoms with Gasteiger partial charge in [0.2, 0.25) is 5.95 Å². The molecule has 0 spiro atoms. The number of carbonyl (C=O) groups excluding carboxylic acids is 1. The highest BCUT2D eigenvalue weighted by Crippen LogP contribution is 2.20. The summed E-state index contributed by atoms with van der Waals surface area (Å²) in [5.41, 5.74) is 0. The van der Waals surface area contributed by atoms with Crippen LogP contribution in [-0.4, -0.2) is 25.0 Å². The number of hydrogen-bond donors (Lipinski definition) is 1. The predicted octanol–water partition coefficient (Wildman–Crippen LogP) is 0.947. The molecule has 0 atom stereocenters. The lowest BCUT2D eigenvalue weighted by Gasteiger charge is -2.11. The van der Waals surface area contributed by atoms with Crippen molar-refractivity contribution in [3.63, 3.8) is 0 Å². The van der Waals surface area contributed by atoms with E-state index in [9.17, 15) is 4.79 Å². The molecule has 1 heterocycles. The van der Waals surface area contributed by atoms with Crippen molar-refractivity contribution in [2.75, 3.05) is 5.32 Å². The standard InChI is InChI=1S/C6H8Cl2N4O/c1-6(7,8)4(13)11-5-9-3-10-12(5)2/h3H,1-2H3,(H,9,10,11,13). The Morgan fingerprint density at radius 1 is 1.69 bits per heavy atom. The van der Waals surface area contributed by atoms with Gasteiger partial charge in [-0.2, -0.15) is 10.1 Å². The number of amides is 1. The number of hydrogen-bond acceptors (Lipinski definition) is 3. The largest absolute Gasteiger partial charge is 0.292 e. The first-order chi connectivity index (χ1) is 5.91. The van der Waals surface area contributed by atoms with Gasteiger partial charge in [-0.15, -0.1) is 0 Å². The molecule has 0 radical (unpaired) electrons. The minimum Gasteiger partial charge on any atom is -0.292 e. The van der Waals surface area contributed by atoms with Gasteiger partial charge in [-0.1, -0.05) is 23.2 Å². The quantitative estimate of drug-likeness (QED) is 0.759. The summed E-state index contributed by atoms with van der Waals surface area (Å²) in [6, 6.07) is 0. The predicted molar refractivity (Wildman–Crippen MR) is 49.7 cm³/mol. The lowest BCUT2D eigenvalue weighted by atomic mass is 10.4. The summed E-state index contributed by atoms with van der Waals surface area (Å²) >= 11 is 11.1. The highest BCUT2D eigenvalue weighted by molar-refractivity contribution is 6.58. The molecule has 72 valence electrons. The fourth-order valence-electron chi connectivity index (χ4n) is 0.621. The first-order valence-corrected chi connectivity index (χ1v) is 4.20. The van der Waals surface area contributed by atoms with E-state index in [2.05, 4.69) is 15.4 Å². The van der Waals surface area contributed by atoms with E-state index < -0.39 is 10.2 Å². The first kappa shape index (κ1) is 10.3.